The number of hydrogen-bond acceptors (Lipinski definition) is 7. The Morgan fingerprint density at radius 1 is 1.29 bits per heavy atom. The Morgan fingerprint density at radius 2 is 2.10 bits per heavy atom. The molecule has 9 heteroatoms. The maximum absolute atomic E-state index is 12.8. The summed E-state index contributed by atoms with van der Waals surface area (Å²) in [5, 5.41) is 15.5. The van der Waals surface area contributed by atoms with Crippen molar-refractivity contribution >= 4 is 23.5 Å². The van der Waals surface area contributed by atoms with Crippen molar-refractivity contribution in [3.63, 3.8) is 0 Å². The van der Waals surface area contributed by atoms with Crippen LogP contribution in [-0.4, -0.2) is 32.8 Å². The zero-order valence-electron chi connectivity index (χ0n) is 16.8. The third kappa shape index (κ3) is 4.44. The molecule has 8 nitrogen and oxygen atoms in total. The SMILES string of the molecule is C=CCOC(=O)C1=C(C)Nc2nnnn2C1c1ccc(OCc2cccc(Cl)c2)cc1. The zero-order valence-corrected chi connectivity index (χ0v) is 17.5. The molecule has 0 radical (unpaired) electrons. The highest BCUT2D eigenvalue weighted by Crippen LogP contribution is 2.35. The number of hydrogen-bond donors (Lipinski definition) is 1. The molecule has 0 amide bonds. The van der Waals surface area contributed by atoms with Crippen LogP contribution in [0.3, 0.4) is 0 Å². The number of benzene rings is 2. The van der Waals surface area contributed by atoms with E-state index in [9.17, 15) is 4.79 Å². The normalized spacial score (nSPS) is 15.1. The number of tetrazole rings is 1. The van der Waals surface area contributed by atoms with Crippen LogP contribution in [-0.2, 0) is 16.1 Å². The lowest BCUT2D eigenvalue weighted by Crippen LogP contribution is -2.29. The minimum absolute atomic E-state index is 0.112. The molecular weight excluding hydrogens is 418 g/mol. The molecule has 0 bridgehead atoms. The Labute approximate surface area is 184 Å². The summed E-state index contributed by atoms with van der Waals surface area (Å²) in [6, 6.07) is 14.4. The van der Waals surface area contributed by atoms with Crippen LogP contribution in [0.2, 0.25) is 5.02 Å². The number of carbonyl (C=O) groups is 1. The monoisotopic (exact) mass is 437 g/mol. The molecule has 2 aromatic carbocycles. The molecule has 1 aliphatic rings. The molecule has 0 fully saturated rings. The molecule has 2 heterocycles. The lowest BCUT2D eigenvalue weighted by atomic mass is 9.96. The summed E-state index contributed by atoms with van der Waals surface area (Å²) >= 11 is 6.02. The summed E-state index contributed by atoms with van der Waals surface area (Å²) in [6.07, 6.45) is 1.52. The highest BCUT2D eigenvalue weighted by atomic mass is 35.5. The molecule has 1 atom stereocenters. The largest absolute Gasteiger partial charge is 0.489 e. The van der Waals surface area contributed by atoms with Crippen molar-refractivity contribution in [3.8, 4) is 5.75 Å². The first-order chi connectivity index (χ1) is 15.1. The van der Waals surface area contributed by atoms with Gasteiger partial charge >= 0.3 is 5.97 Å². The first-order valence-electron chi connectivity index (χ1n) is 9.57. The molecule has 1 aromatic heterocycles. The van der Waals surface area contributed by atoms with Gasteiger partial charge in [-0.25, -0.2) is 4.79 Å². The van der Waals surface area contributed by atoms with Crippen molar-refractivity contribution in [1.29, 1.82) is 0 Å². The number of allylic oxidation sites excluding steroid dienone is 1. The van der Waals surface area contributed by atoms with E-state index in [4.69, 9.17) is 21.1 Å². The van der Waals surface area contributed by atoms with Crippen molar-refractivity contribution in [2.75, 3.05) is 11.9 Å². The summed E-state index contributed by atoms with van der Waals surface area (Å²) < 4.78 is 12.7. The molecule has 0 saturated heterocycles. The van der Waals surface area contributed by atoms with Gasteiger partial charge in [0.1, 0.15) is 25.0 Å². The third-order valence-electron chi connectivity index (χ3n) is 4.76. The number of aromatic nitrogens is 4. The summed E-state index contributed by atoms with van der Waals surface area (Å²) in [7, 11) is 0. The Hall–Kier alpha value is -3.65. The van der Waals surface area contributed by atoms with E-state index in [1.165, 1.54) is 6.08 Å². The number of rotatable bonds is 7. The molecule has 1 unspecified atom stereocenters. The van der Waals surface area contributed by atoms with Gasteiger partial charge in [0.25, 0.3) is 0 Å². The maximum atomic E-state index is 12.8. The minimum Gasteiger partial charge on any atom is -0.489 e. The van der Waals surface area contributed by atoms with Crippen LogP contribution < -0.4 is 10.1 Å². The van der Waals surface area contributed by atoms with Gasteiger partial charge < -0.3 is 14.8 Å². The highest BCUT2D eigenvalue weighted by Gasteiger charge is 2.34. The van der Waals surface area contributed by atoms with E-state index in [1.54, 1.807) is 11.6 Å². The molecule has 31 heavy (non-hydrogen) atoms. The summed E-state index contributed by atoms with van der Waals surface area (Å²) in [5.41, 5.74) is 2.84. The summed E-state index contributed by atoms with van der Waals surface area (Å²) in [5.74, 6) is 0.674. The molecule has 158 valence electrons. The first-order valence-corrected chi connectivity index (χ1v) is 9.95. The molecule has 0 aliphatic carbocycles. The lowest BCUT2D eigenvalue weighted by Gasteiger charge is -2.27. The fourth-order valence-electron chi connectivity index (χ4n) is 3.34. The van der Waals surface area contributed by atoms with E-state index in [1.807, 2.05) is 48.5 Å². The molecular formula is C22H20ClN5O3. The topological polar surface area (TPSA) is 91.2 Å². The number of carbonyl (C=O) groups excluding carboxylic acids is 1. The van der Waals surface area contributed by atoms with Gasteiger partial charge in [-0.1, -0.05) is 53.6 Å². The number of fused-ring (bicyclic) bond motifs is 1. The van der Waals surface area contributed by atoms with Gasteiger partial charge in [0, 0.05) is 10.7 Å². The van der Waals surface area contributed by atoms with Crippen LogP contribution in [0.4, 0.5) is 5.95 Å². The van der Waals surface area contributed by atoms with Gasteiger partial charge in [-0.15, -0.1) is 0 Å². The number of nitrogens with zero attached hydrogens (tertiary/aromatic N) is 4. The molecule has 3 aromatic rings. The molecule has 1 N–H and O–H groups in total. The molecule has 1 aliphatic heterocycles. The van der Waals surface area contributed by atoms with Gasteiger partial charge in [0.05, 0.1) is 5.57 Å². The summed E-state index contributed by atoms with van der Waals surface area (Å²) in [4.78, 5) is 12.8. The van der Waals surface area contributed by atoms with Crippen LogP contribution in [0, 0.1) is 0 Å². The second-order valence-electron chi connectivity index (χ2n) is 6.89. The van der Waals surface area contributed by atoms with Crippen LogP contribution in [0.5, 0.6) is 5.75 Å². The average molecular weight is 438 g/mol. The van der Waals surface area contributed by atoms with E-state index in [0.717, 1.165) is 11.1 Å². The standard InChI is InChI=1S/C22H20ClN5O3/c1-3-11-30-21(29)19-14(2)24-22-25-26-27-28(22)20(19)16-7-9-18(10-8-16)31-13-15-5-4-6-17(23)12-15/h3-10,12,20H,1,11,13H2,2H3,(H,24,25,27). The minimum atomic E-state index is -0.537. The number of anilines is 1. The number of ether oxygens (including phenoxy) is 2. The second-order valence-corrected chi connectivity index (χ2v) is 7.32. The average Bonchev–Trinajstić information content (AvgIpc) is 3.23. The fourth-order valence-corrected chi connectivity index (χ4v) is 3.55. The number of esters is 1. The van der Waals surface area contributed by atoms with E-state index in [0.29, 0.717) is 34.6 Å². The van der Waals surface area contributed by atoms with Gasteiger partial charge in [-0.2, -0.15) is 4.68 Å². The van der Waals surface area contributed by atoms with Gasteiger partial charge in [-0.05, 0) is 52.7 Å². The Balaban J connectivity index is 1.59. The Bertz CT molecular complexity index is 1140. The summed E-state index contributed by atoms with van der Waals surface area (Å²) in [6.45, 7) is 5.88. The van der Waals surface area contributed by atoms with E-state index >= 15 is 0 Å². The predicted octanol–water partition coefficient (Wildman–Crippen LogP) is 3.92. The van der Waals surface area contributed by atoms with Crippen molar-refractivity contribution < 1.29 is 14.3 Å². The smallest absolute Gasteiger partial charge is 0.338 e. The molecule has 0 saturated carbocycles. The quantitative estimate of drug-likeness (QED) is 0.442. The fraction of sp³-hybridized carbons (Fsp3) is 0.182. The van der Waals surface area contributed by atoms with Crippen molar-refractivity contribution in [1.82, 2.24) is 20.2 Å². The van der Waals surface area contributed by atoms with Crippen LogP contribution in [0.15, 0.2) is 72.5 Å². The van der Waals surface area contributed by atoms with Gasteiger partial charge in [0.15, 0.2) is 0 Å². The second kappa shape index (κ2) is 9.01. The maximum Gasteiger partial charge on any atom is 0.338 e. The number of halogens is 1. The van der Waals surface area contributed by atoms with E-state index < -0.39 is 12.0 Å². The third-order valence-corrected chi connectivity index (χ3v) is 4.99. The van der Waals surface area contributed by atoms with Crippen molar-refractivity contribution in [2.45, 2.75) is 19.6 Å². The van der Waals surface area contributed by atoms with Crippen molar-refractivity contribution in [3.05, 3.63) is 88.6 Å². The van der Waals surface area contributed by atoms with Gasteiger partial charge in [-0.3, -0.25) is 0 Å². The van der Waals surface area contributed by atoms with Crippen molar-refractivity contribution in [2.24, 2.45) is 0 Å². The lowest BCUT2D eigenvalue weighted by molar-refractivity contribution is -0.138. The zero-order chi connectivity index (χ0) is 21.8. The number of nitrogens with one attached hydrogen (secondary N) is 1. The van der Waals surface area contributed by atoms with E-state index in [-0.39, 0.29) is 6.61 Å². The predicted molar refractivity (Wildman–Crippen MR) is 116 cm³/mol. The van der Waals surface area contributed by atoms with Crippen LogP contribution in [0.1, 0.15) is 24.1 Å². The first kappa shape index (κ1) is 20.6. The van der Waals surface area contributed by atoms with Gasteiger partial charge in [0.2, 0.25) is 5.95 Å². The van der Waals surface area contributed by atoms with Crippen LogP contribution >= 0.6 is 11.6 Å². The highest BCUT2D eigenvalue weighted by molar-refractivity contribution is 6.30. The van der Waals surface area contributed by atoms with Crippen LogP contribution in [0.25, 0.3) is 0 Å². The van der Waals surface area contributed by atoms with E-state index in [2.05, 4.69) is 27.4 Å². The Morgan fingerprint density at radius 3 is 2.84 bits per heavy atom. The Kier molecular flexibility index (Phi) is 5.99. The molecule has 0 spiro atoms. The molecule has 4 rings (SSSR count).